The van der Waals surface area contributed by atoms with Crippen LogP contribution >= 0.6 is 0 Å². The molecule has 84 valence electrons. The van der Waals surface area contributed by atoms with Gasteiger partial charge in [0.15, 0.2) is 0 Å². The summed E-state index contributed by atoms with van der Waals surface area (Å²) in [4.78, 5) is 10.0. The van der Waals surface area contributed by atoms with Crippen LogP contribution in [0.25, 0.3) is 0 Å². The average molecular weight is 219 g/mol. The van der Waals surface area contributed by atoms with Crippen molar-refractivity contribution in [1.82, 2.24) is 0 Å². The lowest BCUT2D eigenvalue weighted by Gasteiger charge is -2.01. The van der Waals surface area contributed by atoms with Crippen molar-refractivity contribution in [3.8, 4) is 0 Å². The SMILES string of the molecule is C/C(=N\Nc1ccc([N+](=O)[O-])cc1)C1CC1. The van der Waals surface area contributed by atoms with Crippen LogP contribution in [-0.4, -0.2) is 10.6 Å². The Morgan fingerprint density at radius 3 is 2.56 bits per heavy atom. The maximum atomic E-state index is 10.4. The molecule has 1 fully saturated rings. The second kappa shape index (κ2) is 4.30. The Morgan fingerprint density at radius 2 is 2.06 bits per heavy atom. The van der Waals surface area contributed by atoms with E-state index >= 15 is 0 Å². The molecule has 5 heteroatoms. The second-order valence-electron chi connectivity index (χ2n) is 3.94. The van der Waals surface area contributed by atoms with Crippen LogP contribution in [0, 0.1) is 16.0 Å². The van der Waals surface area contributed by atoms with Gasteiger partial charge in [-0.2, -0.15) is 5.10 Å². The van der Waals surface area contributed by atoms with Gasteiger partial charge in [-0.25, -0.2) is 0 Å². The standard InChI is InChI=1S/C11H13N3O2/c1-8(9-2-3-9)12-13-10-4-6-11(7-5-10)14(15)16/h4-7,9,13H,2-3H2,1H3/b12-8+. The predicted octanol–water partition coefficient (Wildman–Crippen LogP) is 2.79. The average Bonchev–Trinajstić information content (AvgIpc) is 3.10. The van der Waals surface area contributed by atoms with Crippen molar-refractivity contribution in [2.75, 3.05) is 5.43 Å². The fourth-order valence-corrected chi connectivity index (χ4v) is 1.40. The largest absolute Gasteiger partial charge is 0.279 e. The molecule has 0 spiro atoms. The molecule has 1 aliphatic carbocycles. The molecule has 1 aromatic carbocycles. The van der Waals surface area contributed by atoms with Crippen molar-refractivity contribution in [1.29, 1.82) is 0 Å². The van der Waals surface area contributed by atoms with Crippen LogP contribution in [0.2, 0.25) is 0 Å². The third-order valence-corrected chi connectivity index (χ3v) is 2.61. The summed E-state index contributed by atoms with van der Waals surface area (Å²) in [6.45, 7) is 2.00. The first-order chi connectivity index (χ1) is 7.66. The Labute approximate surface area is 93.3 Å². The molecule has 0 heterocycles. The predicted molar refractivity (Wildman–Crippen MR) is 62.6 cm³/mol. The van der Waals surface area contributed by atoms with Gasteiger partial charge in [-0.15, -0.1) is 0 Å². The number of nitro benzene ring substituents is 1. The summed E-state index contributed by atoms with van der Waals surface area (Å²) < 4.78 is 0. The van der Waals surface area contributed by atoms with E-state index in [1.165, 1.54) is 25.0 Å². The number of anilines is 1. The Morgan fingerprint density at radius 1 is 1.44 bits per heavy atom. The zero-order valence-corrected chi connectivity index (χ0v) is 9.01. The molecule has 0 bridgehead atoms. The van der Waals surface area contributed by atoms with E-state index in [0.717, 1.165) is 11.4 Å². The van der Waals surface area contributed by atoms with E-state index in [2.05, 4.69) is 10.5 Å². The van der Waals surface area contributed by atoms with Gasteiger partial charge in [0.2, 0.25) is 0 Å². The van der Waals surface area contributed by atoms with Gasteiger partial charge in [0.1, 0.15) is 0 Å². The van der Waals surface area contributed by atoms with Crippen molar-refractivity contribution < 1.29 is 4.92 Å². The number of nitrogens with one attached hydrogen (secondary N) is 1. The van der Waals surface area contributed by atoms with Gasteiger partial charge < -0.3 is 0 Å². The maximum absolute atomic E-state index is 10.4. The first-order valence-corrected chi connectivity index (χ1v) is 5.21. The van der Waals surface area contributed by atoms with Gasteiger partial charge >= 0.3 is 0 Å². The van der Waals surface area contributed by atoms with Crippen molar-refractivity contribution in [2.24, 2.45) is 11.0 Å². The lowest BCUT2D eigenvalue weighted by molar-refractivity contribution is -0.384. The minimum Gasteiger partial charge on any atom is -0.279 e. The molecule has 5 nitrogen and oxygen atoms in total. The molecular weight excluding hydrogens is 206 g/mol. The number of hydrogen-bond acceptors (Lipinski definition) is 4. The van der Waals surface area contributed by atoms with E-state index < -0.39 is 4.92 Å². The molecule has 2 rings (SSSR count). The highest BCUT2D eigenvalue weighted by Crippen LogP contribution is 2.30. The third-order valence-electron chi connectivity index (χ3n) is 2.61. The molecule has 0 amide bonds. The van der Waals surface area contributed by atoms with E-state index in [1.807, 2.05) is 6.92 Å². The Balaban J connectivity index is 1.99. The van der Waals surface area contributed by atoms with E-state index in [4.69, 9.17) is 0 Å². The molecule has 16 heavy (non-hydrogen) atoms. The molecule has 0 atom stereocenters. The van der Waals surface area contributed by atoms with E-state index in [1.54, 1.807) is 12.1 Å². The number of nitrogens with zero attached hydrogens (tertiary/aromatic N) is 2. The first kappa shape index (κ1) is 10.6. The maximum Gasteiger partial charge on any atom is 0.269 e. The number of hydrazone groups is 1. The van der Waals surface area contributed by atoms with Crippen LogP contribution < -0.4 is 5.43 Å². The van der Waals surface area contributed by atoms with Gasteiger partial charge in [0.05, 0.1) is 10.6 Å². The van der Waals surface area contributed by atoms with Crippen molar-refractivity contribution in [3.63, 3.8) is 0 Å². The Bertz CT molecular complexity index is 421. The zero-order chi connectivity index (χ0) is 11.5. The molecule has 0 radical (unpaired) electrons. The summed E-state index contributed by atoms with van der Waals surface area (Å²) in [6, 6.07) is 6.23. The molecule has 0 aliphatic heterocycles. The first-order valence-electron chi connectivity index (χ1n) is 5.21. The molecule has 0 saturated heterocycles. The lowest BCUT2D eigenvalue weighted by Crippen LogP contribution is -1.99. The summed E-state index contributed by atoms with van der Waals surface area (Å²) in [7, 11) is 0. The number of nitro groups is 1. The van der Waals surface area contributed by atoms with Gasteiger partial charge in [-0.1, -0.05) is 0 Å². The van der Waals surface area contributed by atoms with Gasteiger partial charge in [-0.05, 0) is 37.8 Å². The van der Waals surface area contributed by atoms with Crippen LogP contribution in [0.1, 0.15) is 19.8 Å². The summed E-state index contributed by atoms with van der Waals surface area (Å²) in [5.41, 5.74) is 4.85. The molecule has 0 aromatic heterocycles. The van der Waals surface area contributed by atoms with Crippen LogP contribution in [-0.2, 0) is 0 Å². The van der Waals surface area contributed by atoms with E-state index in [0.29, 0.717) is 5.92 Å². The zero-order valence-electron chi connectivity index (χ0n) is 9.01. The number of benzene rings is 1. The Hall–Kier alpha value is -1.91. The van der Waals surface area contributed by atoms with Crippen LogP contribution in [0.4, 0.5) is 11.4 Å². The quantitative estimate of drug-likeness (QED) is 0.481. The molecular formula is C11H13N3O2. The lowest BCUT2D eigenvalue weighted by atomic mass is 10.3. The fraction of sp³-hybridized carbons (Fsp3) is 0.364. The molecule has 0 unspecified atom stereocenters. The summed E-state index contributed by atoms with van der Waals surface area (Å²) in [5, 5.41) is 14.7. The highest BCUT2D eigenvalue weighted by molar-refractivity contribution is 5.86. The van der Waals surface area contributed by atoms with Gasteiger partial charge in [-0.3, -0.25) is 15.5 Å². The summed E-state index contributed by atoms with van der Waals surface area (Å²) in [6.07, 6.45) is 2.44. The molecule has 1 saturated carbocycles. The minimum atomic E-state index is -0.414. The fourth-order valence-electron chi connectivity index (χ4n) is 1.40. The molecule has 1 aliphatic rings. The highest BCUT2D eigenvalue weighted by atomic mass is 16.6. The summed E-state index contributed by atoms with van der Waals surface area (Å²) in [5.74, 6) is 0.630. The summed E-state index contributed by atoms with van der Waals surface area (Å²) >= 11 is 0. The number of non-ortho nitro benzene ring substituents is 1. The topological polar surface area (TPSA) is 67.5 Å². The number of hydrogen-bond donors (Lipinski definition) is 1. The van der Waals surface area contributed by atoms with Crippen molar-refractivity contribution in [3.05, 3.63) is 34.4 Å². The van der Waals surface area contributed by atoms with Gasteiger partial charge in [0.25, 0.3) is 5.69 Å². The highest BCUT2D eigenvalue weighted by Gasteiger charge is 2.24. The van der Waals surface area contributed by atoms with E-state index in [9.17, 15) is 10.1 Å². The molecule has 1 N–H and O–H groups in total. The van der Waals surface area contributed by atoms with Crippen LogP contribution in [0.3, 0.4) is 0 Å². The Kier molecular flexibility index (Phi) is 2.85. The van der Waals surface area contributed by atoms with Crippen molar-refractivity contribution in [2.45, 2.75) is 19.8 Å². The normalized spacial score (nSPS) is 15.9. The van der Waals surface area contributed by atoms with Crippen molar-refractivity contribution >= 4 is 17.1 Å². The third kappa shape index (κ3) is 2.56. The second-order valence-corrected chi connectivity index (χ2v) is 3.94. The van der Waals surface area contributed by atoms with Crippen LogP contribution in [0.15, 0.2) is 29.4 Å². The monoisotopic (exact) mass is 219 g/mol. The van der Waals surface area contributed by atoms with E-state index in [-0.39, 0.29) is 5.69 Å². The van der Waals surface area contributed by atoms with Gasteiger partial charge in [0, 0.05) is 17.8 Å². The molecule has 1 aromatic rings. The minimum absolute atomic E-state index is 0.0912. The number of rotatable bonds is 4. The smallest absolute Gasteiger partial charge is 0.269 e. The van der Waals surface area contributed by atoms with Crippen LogP contribution in [0.5, 0.6) is 0 Å².